The van der Waals surface area contributed by atoms with E-state index in [2.05, 4.69) is 9.88 Å². The van der Waals surface area contributed by atoms with E-state index in [4.69, 9.17) is 0 Å². The molecule has 1 aromatic carbocycles. The van der Waals surface area contributed by atoms with Gasteiger partial charge in [-0.1, -0.05) is 12.1 Å². The molecule has 0 radical (unpaired) electrons. The van der Waals surface area contributed by atoms with Gasteiger partial charge in [0.15, 0.2) is 0 Å². The second-order valence-corrected chi connectivity index (χ2v) is 10.0. The molecule has 1 aromatic heterocycles. The Morgan fingerprint density at radius 3 is 2.43 bits per heavy atom. The quantitative estimate of drug-likeness (QED) is 0.726. The van der Waals surface area contributed by atoms with Crippen LogP contribution in [0, 0.1) is 13.8 Å². The van der Waals surface area contributed by atoms with E-state index in [9.17, 15) is 13.2 Å². The Labute approximate surface area is 178 Å². The fraction of sp³-hybridized carbons (Fsp3) is 0.455. The molecule has 0 bridgehead atoms. The average Bonchev–Trinajstić information content (AvgIpc) is 3.11. The van der Waals surface area contributed by atoms with Gasteiger partial charge in [-0.3, -0.25) is 14.7 Å². The van der Waals surface area contributed by atoms with Crippen molar-refractivity contribution in [3.8, 4) is 0 Å². The Morgan fingerprint density at radius 1 is 1.00 bits per heavy atom. The summed E-state index contributed by atoms with van der Waals surface area (Å²) >= 11 is 0. The van der Waals surface area contributed by atoms with Crippen molar-refractivity contribution in [3.05, 3.63) is 59.4 Å². The first-order chi connectivity index (χ1) is 14.4. The van der Waals surface area contributed by atoms with Gasteiger partial charge in [0, 0.05) is 38.9 Å². The van der Waals surface area contributed by atoms with Gasteiger partial charge in [-0.15, -0.1) is 0 Å². The molecule has 7 nitrogen and oxygen atoms in total. The number of carbonyl (C=O) groups excluding carboxylic acids is 1. The zero-order valence-corrected chi connectivity index (χ0v) is 18.3. The predicted octanol–water partition coefficient (Wildman–Crippen LogP) is 1.81. The molecule has 2 aromatic rings. The van der Waals surface area contributed by atoms with Crippen LogP contribution in [0.25, 0.3) is 0 Å². The number of aryl methyl sites for hydroxylation is 2. The van der Waals surface area contributed by atoms with Gasteiger partial charge in [0.25, 0.3) is 0 Å². The van der Waals surface area contributed by atoms with Crippen molar-refractivity contribution in [1.82, 2.24) is 19.1 Å². The van der Waals surface area contributed by atoms with E-state index in [1.807, 2.05) is 43.0 Å². The first-order valence-corrected chi connectivity index (χ1v) is 11.8. The van der Waals surface area contributed by atoms with Crippen LogP contribution in [0.3, 0.4) is 0 Å². The molecular formula is C22H28N4O3S. The summed E-state index contributed by atoms with van der Waals surface area (Å²) in [6, 6.07) is 10.8. The second-order valence-electron chi connectivity index (χ2n) is 8.07. The van der Waals surface area contributed by atoms with Crippen LogP contribution in [0.5, 0.6) is 0 Å². The fourth-order valence-electron chi connectivity index (χ4n) is 4.18. The Hall–Kier alpha value is -2.29. The van der Waals surface area contributed by atoms with E-state index in [1.54, 1.807) is 22.6 Å². The van der Waals surface area contributed by atoms with Gasteiger partial charge in [0.2, 0.25) is 15.9 Å². The standard InChI is InChI=1S/C22H28N4O3S/c1-17-6-7-20(15-18(17)2)30(28,29)26-13-11-24(12-14-26)21-8-10-25(22(21)27)16-19-5-3-4-9-23-19/h3-7,9,15,21H,8,10-14,16H2,1-2H3. The minimum Gasteiger partial charge on any atom is -0.335 e. The van der Waals surface area contributed by atoms with Gasteiger partial charge < -0.3 is 4.90 Å². The number of hydrogen-bond donors (Lipinski definition) is 0. The van der Waals surface area contributed by atoms with Crippen molar-refractivity contribution in [2.45, 2.75) is 37.8 Å². The second kappa shape index (κ2) is 8.45. The molecular weight excluding hydrogens is 400 g/mol. The van der Waals surface area contributed by atoms with E-state index in [1.165, 1.54) is 0 Å². The third kappa shape index (κ3) is 4.12. The minimum atomic E-state index is -3.51. The molecule has 0 spiro atoms. The monoisotopic (exact) mass is 428 g/mol. The van der Waals surface area contributed by atoms with Gasteiger partial charge in [-0.2, -0.15) is 4.31 Å². The Kier molecular flexibility index (Phi) is 5.90. The number of rotatable bonds is 5. The molecule has 8 heteroatoms. The van der Waals surface area contributed by atoms with Crippen molar-refractivity contribution in [1.29, 1.82) is 0 Å². The maximum atomic E-state index is 13.0. The number of nitrogens with zero attached hydrogens (tertiary/aromatic N) is 4. The molecule has 160 valence electrons. The van der Waals surface area contributed by atoms with Crippen LogP contribution in [-0.2, 0) is 21.4 Å². The van der Waals surface area contributed by atoms with Gasteiger partial charge >= 0.3 is 0 Å². The maximum Gasteiger partial charge on any atom is 0.243 e. The summed E-state index contributed by atoms with van der Waals surface area (Å²) in [6.07, 6.45) is 2.51. The van der Waals surface area contributed by atoms with Crippen LogP contribution in [0.1, 0.15) is 23.2 Å². The van der Waals surface area contributed by atoms with E-state index in [0.717, 1.165) is 23.2 Å². The molecule has 1 amide bonds. The lowest BCUT2D eigenvalue weighted by molar-refractivity contribution is -0.133. The molecule has 2 aliphatic rings. The summed E-state index contributed by atoms with van der Waals surface area (Å²) in [5, 5.41) is 0. The van der Waals surface area contributed by atoms with Crippen molar-refractivity contribution in [2.75, 3.05) is 32.7 Å². The molecule has 2 aliphatic heterocycles. The SMILES string of the molecule is Cc1ccc(S(=O)(=O)N2CCN(C3CCN(Cc4ccccn4)C3=O)CC2)cc1C. The summed E-state index contributed by atoms with van der Waals surface area (Å²) in [5.41, 5.74) is 2.93. The highest BCUT2D eigenvalue weighted by Crippen LogP contribution is 2.24. The summed E-state index contributed by atoms with van der Waals surface area (Å²) < 4.78 is 27.6. The van der Waals surface area contributed by atoms with Gasteiger partial charge in [-0.25, -0.2) is 8.42 Å². The number of sulfonamides is 1. The van der Waals surface area contributed by atoms with E-state index in [0.29, 0.717) is 44.2 Å². The number of likely N-dealkylation sites (tertiary alicyclic amines) is 1. The number of hydrogen-bond acceptors (Lipinski definition) is 5. The molecule has 2 saturated heterocycles. The summed E-state index contributed by atoms with van der Waals surface area (Å²) in [4.78, 5) is 21.5. The van der Waals surface area contributed by atoms with E-state index >= 15 is 0 Å². The average molecular weight is 429 g/mol. The van der Waals surface area contributed by atoms with Crippen molar-refractivity contribution < 1.29 is 13.2 Å². The Balaban J connectivity index is 1.37. The number of pyridine rings is 1. The third-order valence-electron chi connectivity index (χ3n) is 6.18. The van der Waals surface area contributed by atoms with Crippen LogP contribution < -0.4 is 0 Å². The summed E-state index contributed by atoms with van der Waals surface area (Å²) in [6.45, 7) is 7.07. The number of piperazine rings is 1. The van der Waals surface area contributed by atoms with Crippen LogP contribution in [0.4, 0.5) is 0 Å². The predicted molar refractivity (Wildman–Crippen MR) is 114 cm³/mol. The number of carbonyl (C=O) groups is 1. The molecule has 1 unspecified atom stereocenters. The molecule has 0 aliphatic carbocycles. The van der Waals surface area contributed by atoms with Gasteiger partial charge in [0.1, 0.15) is 0 Å². The van der Waals surface area contributed by atoms with E-state index in [-0.39, 0.29) is 11.9 Å². The van der Waals surface area contributed by atoms with Gasteiger partial charge in [0.05, 0.1) is 23.2 Å². The lowest BCUT2D eigenvalue weighted by Gasteiger charge is -2.36. The molecule has 4 rings (SSSR count). The number of benzene rings is 1. The summed E-state index contributed by atoms with van der Waals surface area (Å²) in [5.74, 6) is 0.117. The molecule has 1 atom stereocenters. The fourth-order valence-corrected chi connectivity index (χ4v) is 5.69. The molecule has 3 heterocycles. The lowest BCUT2D eigenvalue weighted by atomic mass is 10.1. The smallest absolute Gasteiger partial charge is 0.243 e. The van der Waals surface area contributed by atoms with Crippen molar-refractivity contribution >= 4 is 15.9 Å². The largest absolute Gasteiger partial charge is 0.335 e. The molecule has 0 N–H and O–H groups in total. The lowest BCUT2D eigenvalue weighted by Crippen LogP contribution is -2.53. The Morgan fingerprint density at radius 2 is 1.77 bits per heavy atom. The van der Waals surface area contributed by atoms with Crippen LogP contribution in [0.2, 0.25) is 0 Å². The Bertz CT molecular complexity index is 1020. The molecule has 0 saturated carbocycles. The number of amides is 1. The van der Waals surface area contributed by atoms with Gasteiger partial charge in [-0.05, 0) is 55.7 Å². The molecule has 30 heavy (non-hydrogen) atoms. The zero-order chi connectivity index (χ0) is 21.3. The maximum absolute atomic E-state index is 13.0. The van der Waals surface area contributed by atoms with Crippen LogP contribution >= 0.6 is 0 Å². The summed E-state index contributed by atoms with van der Waals surface area (Å²) in [7, 11) is -3.51. The minimum absolute atomic E-state index is 0.117. The van der Waals surface area contributed by atoms with Crippen LogP contribution in [-0.4, -0.2) is 72.2 Å². The first-order valence-electron chi connectivity index (χ1n) is 10.4. The normalized spacial score (nSPS) is 21.3. The highest BCUT2D eigenvalue weighted by molar-refractivity contribution is 7.89. The first kappa shape index (κ1) is 21.0. The highest BCUT2D eigenvalue weighted by atomic mass is 32.2. The van der Waals surface area contributed by atoms with Crippen molar-refractivity contribution in [3.63, 3.8) is 0 Å². The number of aromatic nitrogens is 1. The van der Waals surface area contributed by atoms with Crippen LogP contribution in [0.15, 0.2) is 47.5 Å². The zero-order valence-electron chi connectivity index (χ0n) is 17.5. The third-order valence-corrected chi connectivity index (χ3v) is 8.07. The highest BCUT2D eigenvalue weighted by Gasteiger charge is 2.38. The van der Waals surface area contributed by atoms with Crippen molar-refractivity contribution in [2.24, 2.45) is 0 Å². The van der Waals surface area contributed by atoms with E-state index < -0.39 is 10.0 Å². The molecule has 2 fully saturated rings. The topological polar surface area (TPSA) is 73.8 Å².